The molecule has 0 unspecified atom stereocenters. The molecule has 122 valence electrons. The molecule has 0 aliphatic carbocycles. The first kappa shape index (κ1) is 16.8. The highest BCUT2D eigenvalue weighted by Gasteiger charge is 2.20. The van der Waals surface area contributed by atoms with E-state index in [9.17, 15) is 13.6 Å². The highest BCUT2D eigenvalue weighted by atomic mass is 35.5. The molecule has 0 aromatic heterocycles. The smallest absolute Gasteiger partial charge is 0.387 e. The molecule has 1 N–H and O–H groups in total. The van der Waals surface area contributed by atoms with Crippen molar-refractivity contribution in [2.45, 2.75) is 13.5 Å². The number of carbonyl (C=O) groups excluding carboxylic acids is 1. The first-order valence-electron chi connectivity index (χ1n) is 6.83. The van der Waals surface area contributed by atoms with Crippen LogP contribution in [0.2, 0.25) is 5.02 Å². The van der Waals surface area contributed by atoms with E-state index in [-0.39, 0.29) is 22.7 Å². The standard InChI is InChI=1S/C14H17ClF2N2O3/c1-9-7-19(4-5-21-8-9)14(20)18-10-2-3-11(15)12(6-10)22-13(16)17/h2-3,6,9,13H,4-5,7-8H2,1H3,(H,18,20)/t9-/m0/s1. The lowest BCUT2D eigenvalue weighted by molar-refractivity contribution is -0.0497. The summed E-state index contributed by atoms with van der Waals surface area (Å²) in [5.74, 6) is 0.0539. The van der Waals surface area contributed by atoms with E-state index in [0.29, 0.717) is 32.0 Å². The Kier molecular flexibility index (Phi) is 5.79. The molecule has 1 aromatic rings. The summed E-state index contributed by atoms with van der Waals surface area (Å²) in [6.07, 6.45) is 0. The maximum absolute atomic E-state index is 12.3. The van der Waals surface area contributed by atoms with Gasteiger partial charge in [-0.2, -0.15) is 8.78 Å². The molecule has 0 spiro atoms. The van der Waals surface area contributed by atoms with Gasteiger partial charge in [-0.05, 0) is 18.1 Å². The predicted octanol–water partition coefficient (Wildman–Crippen LogP) is 3.44. The van der Waals surface area contributed by atoms with Crippen molar-refractivity contribution in [3.8, 4) is 5.75 Å². The summed E-state index contributed by atoms with van der Waals surface area (Å²) in [6, 6.07) is 3.87. The van der Waals surface area contributed by atoms with Gasteiger partial charge in [0.05, 0.1) is 18.2 Å². The number of hydrogen-bond acceptors (Lipinski definition) is 3. The number of anilines is 1. The first-order chi connectivity index (χ1) is 10.5. The van der Waals surface area contributed by atoms with Crippen LogP contribution in [0.1, 0.15) is 6.92 Å². The number of benzene rings is 1. The molecule has 0 saturated carbocycles. The van der Waals surface area contributed by atoms with Gasteiger partial charge in [-0.3, -0.25) is 0 Å². The molecule has 0 bridgehead atoms. The zero-order valence-corrected chi connectivity index (χ0v) is 12.8. The quantitative estimate of drug-likeness (QED) is 0.921. The molecule has 1 atom stereocenters. The van der Waals surface area contributed by atoms with Gasteiger partial charge in [-0.15, -0.1) is 0 Å². The van der Waals surface area contributed by atoms with Crippen LogP contribution in [0.3, 0.4) is 0 Å². The molecule has 1 aromatic carbocycles. The number of hydrogen-bond donors (Lipinski definition) is 1. The van der Waals surface area contributed by atoms with Gasteiger partial charge in [-0.1, -0.05) is 18.5 Å². The number of nitrogens with one attached hydrogen (secondary N) is 1. The molecule has 8 heteroatoms. The van der Waals surface area contributed by atoms with Gasteiger partial charge in [0.1, 0.15) is 5.75 Å². The van der Waals surface area contributed by atoms with E-state index in [0.717, 1.165) is 0 Å². The van der Waals surface area contributed by atoms with Gasteiger partial charge < -0.3 is 19.7 Å². The fraction of sp³-hybridized carbons (Fsp3) is 0.500. The minimum absolute atomic E-state index is 0.0510. The number of amides is 2. The molecule has 1 aliphatic rings. The second-order valence-electron chi connectivity index (χ2n) is 5.08. The topological polar surface area (TPSA) is 50.8 Å². The van der Waals surface area contributed by atoms with E-state index >= 15 is 0 Å². The number of nitrogens with zero attached hydrogens (tertiary/aromatic N) is 1. The zero-order chi connectivity index (χ0) is 16.1. The molecule has 5 nitrogen and oxygen atoms in total. The summed E-state index contributed by atoms with van der Waals surface area (Å²) in [4.78, 5) is 13.8. The summed E-state index contributed by atoms with van der Waals surface area (Å²) < 4.78 is 34.2. The van der Waals surface area contributed by atoms with Crippen molar-refractivity contribution in [2.24, 2.45) is 5.92 Å². The molecule has 1 fully saturated rings. The van der Waals surface area contributed by atoms with E-state index in [1.807, 2.05) is 6.92 Å². The average molecular weight is 335 g/mol. The Morgan fingerprint density at radius 2 is 2.32 bits per heavy atom. The van der Waals surface area contributed by atoms with Crippen LogP contribution in [0.4, 0.5) is 19.3 Å². The zero-order valence-electron chi connectivity index (χ0n) is 12.0. The Bertz CT molecular complexity index is 531. The van der Waals surface area contributed by atoms with Gasteiger partial charge >= 0.3 is 12.6 Å². The van der Waals surface area contributed by atoms with Crippen LogP contribution >= 0.6 is 11.6 Å². The largest absolute Gasteiger partial charge is 0.433 e. The molecule has 1 aliphatic heterocycles. The highest BCUT2D eigenvalue weighted by Crippen LogP contribution is 2.29. The van der Waals surface area contributed by atoms with Crippen molar-refractivity contribution in [3.05, 3.63) is 23.2 Å². The third-order valence-electron chi connectivity index (χ3n) is 3.13. The van der Waals surface area contributed by atoms with E-state index < -0.39 is 6.61 Å². The summed E-state index contributed by atoms with van der Waals surface area (Å²) in [5, 5.41) is 2.70. The summed E-state index contributed by atoms with van der Waals surface area (Å²) >= 11 is 5.77. The lowest BCUT2D eigenvalue weighted by Crippen LogP contribution is -2.38. The predicted molar refractivity (Wildman–Crippen MR) is 78.7 cm³/mol. The lowest BCUT2D eigenvalue weighted by Gasteiger charge is -2.22. The third kappa shape index (κ3) is 4.71. The van der Waals surface area contributed by atoms with Gasteiger partial charge in [0, 0.05) is 24.8 Å². The van der Waals surface area contributed by atoms with Crippen LogP contribution in [0.15, 0.2) is 18.2 Å². The van der Waals surface area contributed by atoms with Crippen LogP contribution in [-0.2, 0) is 4.74 Å². The van der Waals surface area contributed by atoms with E-state index in [1.54, 1.807) is 4.90 Å². The Hall–Kier alpha value is -1.60. The van der Waals surface area contributed by atoms with Crippen LogP contribution in [0.25, 0.3) is 0 Å². The van der Waals surface area contributed by atoms with Crippen LogP contribution < -0.4 is 10.1 Å². The van der Waals surface area contributed by atoms with Crippen LogP contribution in [0, 0.1) is 5.92 Å². The maximum atomic E-state index is 12.3. The summed E-state index contributed by atoms with van der Waals surface area (Å²) in [7, 11) is 0. The number of ether oxygens (including phenoxy) is 2. The third-order valence-corrected chi connectivity index (χ3v) is 3.44. The molecule has 1 heterocycles. The molecule has 2 rings (SSSR count). The minimum Gasteiger partial charge on any atom is -0.433 e. The van der Waals surface area contributed by atoms with Crippen LogP contribution in [-0.4, -0.2) is 43.8 Å². The Morgan fingerprint density at radius 3 is 3.05 bits per heavy atom. The van der Waals surface area contributed by atoms with Gasteiger partial charge in [0.2, 0.25) is 0 Å². The van der Waals surface area contributed by atoms with Crippen molar-refractivity contribution in [1.82, 2.24) is 4.90 Å². The lowest BCUT2D eigenvalue weighted by atomic mass is 10.2. The van der Waals surface area contributed by atoms with Crippen molar-refractivity contribution < 1.29 is 23.0 Å². The Morgan fingerprint density at radius 1 is 1.55 bits per heavy atom. The highest BCUT2D eigenvalue weighted by molar-refractivity contribution is 6.32. The molecular formula is C14H17ClF2N2O3. The second-order valence-corrected chi connectivity index (χ2v) is 5.49. The Labute approximate surface area is 132 Å². The van der Waals surface area contributed by atoms with Crippen molar-refractivity contribution in [3.63, 3.8) is 0 Å². The van der Waals surface area contributed by atoms with Gasteiger partial charge in [0.15, 0.2) is 0 Å². The number of rotatable bonds is 3. The average Bonchev–Trinajstić information content (AvgIpc) is 2.66. The van der Waals surface area contributed by atoms with Gasteiger partial charge in [-0.25, -0.2) is 4.79 Å². The fourth-order valence-electron chi connectivity index (χ4n) is 2.13. The number of halogens is 3. The minimum atomic E-state index is -2.98. The fourth-order valence-corrected chi connectivity index (χ4v) is 2.30. The van der Waals surface area contributed by atoms with E-state index in [2.05, 4.69) is 10.1 Å². The van der Waals surface area contributed by atoms with Crippen molar-refractivity contribution in [2.75, 3.05) is 31.6 Å². The SMILES string of the molecule is C[C@@H]1COCCN(C(=O)Nc2ccc(Cl)c(OC(F)F)c2)C1. The van der Waals surface area contributed by atoms with E-state index in [1.165, 1.54) is 18.2 Å². The molecular weight excluding hydrogens is 318 g/mol. The molecule has 22 heavy (non-hydrogen) atoms. The van der Waals surface area contributed by atoms with Crippen LogP contribution in [0.5, 0.6) is 5.75 Å². The number of alkyl halides is 2. The summed E-state index contributed by atoms with van der Waals surface area (Å²) in [5.41, 5.74) is 0.336. The first-order valence-corrected chi connectivity index (χ1v) is 7.21. The molecule has 0 radical (unpaired) electrons. The number of carbonyl (C=O) groups is 1. The monoisotopic (exact) mass is 334 g/mol. The molecule has 2 amide bonds. The summed E-state index contributed by atoms with van der Waals surface area (Å²) in [6.45, 7) is 1.13. The van der Waals surface area contributed by atoms with Crippen molar-refractivity contribution >= 4 is 23.3 Å². The van der Waals surface area contributed by atoms with E-state index in [4.69, 9.17) is 16.3 Å². The second kappa shape index (κ2) is 7.60. The normalized spacial score (nSPS) is 19.0. The molecule has 1 saturated heterocycles. The maximum Gasteiger partial charge on any atom is 0.387 e. The Balaban J connectivity index is 2.04. The number of urea groups is 1. The van der Waals surface area contributed by atoms with Gasteiger partial charge in [0.25, 0.3) is 0 Å². The van der Waals surface area contributed by atoms with Crippen molar-refractivity contribution in [1.29, 1.82) is 0 Å².